The summed E-state index contributed by atoms with van der Waals surface area (Å²) >= 11 is 0. The van der Waals surface area contributed by atoms with Gasteiger partial charge < -0.3 is 28.9 Å². The Balaban J connectivity index is 1.39. The lowest BCUT2D eigenvalue weighted by molar-refractivity contribution is -0.146. The van der Waals surface area contributed by atoms with E-state index in [1.54, 1.807) is 0 Å². The van der Waals surface area contributed by atoms with Crippen molar-refractivity contribution >= 4 is 70.2 Å². The van der Waals surface area contributed by atoms with Crippen molar-refractivity contribution in [3.63, 3.8) is 0 Å². The predicted molar refractivity (Wildman–Crippen MR) is 245 cm³/mol. The SMILES string of the molecule is CCOC(=O)[C@@H]1[C@H](c2c3nc(c([C@H]4[C@@H](C(=O)OCC)C4(C)C)c4ccc([nH]4)c([C@H]4[C@@H](C(=O)OCC)C4(C)C)c4ccc([nH]4)c([C@H]4[C@@H](C(=O)OCC)C4(C)C)c4nc2C=C4)C=C3)C1(C)C. The molecule has 4 aliphatic carbocycles. The zero-order valence-corrected chi connectivity index (χ0v) is 39.2. The molecule has 12 heteroatoms. The van der Waals surface area contributed by atoms with Gasteiger partial charge in [0, 0.05) is 68.0 Å². The number of carbonyl (C=O) groups is 4. The molecule has 0 spiro atoms. The van der Waals surface area contributed by atoms with E-state index in [1.807, 2.05) is 52.0 Å². The van der Waals surface area contributed by atoms with Gasteiger partial charge in [-0.25, -0.2) is 9.97 Å². The van der Waals surface area contributed by atoms with Gasteiger partial charge in [0.2, 0.25) is 0 Å². The van der Waals surface area contributed by atoms with Crippen LogP contribution in [0.1, 0.15) is 152 Å². The average Bonchev–Trinajstić information content (AvgIpc) is 3.86. The molecule has 3 aromatic heterocycles. The number of esters is 4. The van der Waals surface area contributed by atoms with Gasteiger partial charge in [-0.1, -0.05) is 55.4 Å². The van der Waals surface area contributed by atoms with Crippen LogP contribution in [0.4, 0.5) is 0 Å². The summed E-state index contributed by atoms with van der Waals surface area (Å²) in [5, 5.41) is 0. The third-order valence-corrected chi connectivity index (χ3v) is 15.6. The summed E-state index contributed by atoms with van der Waals surface area (Å²) in [5.41, 5.74) is 7.87. The summed E-state index contributed by atoms with van der Waals surface area (Å²) in [6.45, 7) is 25.2. The molecule has 5 heterocycles. The molecule has 8 atom stereocenters. The van der Waals surface area contributed by atoms with Crippen LogP contribution in [0.25, 0.3) is 46.4 Å². The Hall–Kier alpha value is -5.52. The molecule has 8 bridgehead atoms. The number of rotatable bonds is 12. The summed E-state index contributed by atoms with van der Waals surface area (Å²) in [4.78, 5) is 72.9. The molecule has 338 valence electrons. The van der Waals surface area contributed by atoms with E-state index in [2.05, 4.69) is 89.6 Å². The summed E-state index contributed by atoms with van der Waals surface area (Å²) in [7, 11) is 0. The Morgan fingerprint density at radius 2 is 0.656 bits per heavy atom. The third-order valence-electron chi connectivity index (χ3n) is 15.6. The van der Waals surface area contributed by atoms with Gasteiger partial charge in [0.05, 0.1) is 72.9 Å². The van der Waals surface area contributed by atoms with Crippen LogP contribution in [0.15, 0.2) is 24.3 Å². The van der Waals surface area contributed by atoms with Crippen molar-refractivity contribution < 1.29 is 38.1 Å². The number of H-pyrrole nitrogens is 2. The maximum absolute atomic E-state index is 13.6. The van der Waals surface area contributed by atoms with Crippen LogP contribution in [0.2, 0.25) is 0 Å². The zero-order chi connectivity index (χ0) is 46.0. The number of nitrogens with one attached hydrogen (secondary N) is 2. The van der Waals surface area contributed by atoms with Crippen molar-refractivity contribution in [2.75, 3.05) is 26.4 Å². The number of ether oxygens (including phenoxy) is 4. The van der Waals surface area contributed by atoms with E-state index in [0.717, 1.165) is 44.3 Å². The molecule has 0 radical (unpaired) electrons. The summed E-state index contributed by atoms with van der Waals surface area (Å²) < 4.78 is 22.6. The van der Waals surface area contributed by atoms with Crippen LogP contribution in [-0.4, -0.2) is 70.2 Å². The van der Waals surface area contributed by atoms with Crippen molar-refractivity contribution in [3.05, 3.63) is 69.3 Å². The van der Waals surface area contributed by atoms with E-state index in [1.165, 1.54) is 0 Å². The van der Waals surface area contributed by atoms with E-state index < -0.39 is 39.4 Å². The molecular weight excluding hydrogens is 809 g/mol. The Bertz CT molecular complexity index is 2590. The average molecular weight is 871 g/mol. The molecule has 0 unspecified atom stereocenters. The van der Waals surface area contributed by atoms with E-state index in [-0.39, 0.29) is 79.9 Å². The van der Waals surface area contributed by atoms with E-state index in [9.17, 15) is 19.2 Å². The third kappa shape index (κ3) is 6.59. The lowest BCUT2D eigenvalue weighted by Gasteiger charge is -2.08. The molecule has 6 aliphatic rings. The highest BCUT2D eigenvalue weighted by atomic mass is 16.5. The topological polar surface area (TPSA) is 163 Å². The molecule has 2 N–H and O–H groups in total. The molecule has 9 rings (SSSR count). The van der Waals surface area contributed by atoms with Crippen LogP contribution in [0.5, 0.6) is 0 Å². The number of aromatic nitrogens is 4. The van der Waals surface area contributed by atoms with Gasteiger partial charge in [-0.15, -0.1) is 0 Å². The Morgan fingerprint density at radius 3 is 0.938 bits per heavy atom. The number of nitrogens with zero attached hydrogens (tertiary/aromatic N) is 2. The van der Waals surface area contributed by atoms with Crippen molar-refractivity contribution in [3.8, 4) is 0 Å². The largest absolute Gasteiger partial charge is 0.466 e. The molecule has 64 heavy (non-hydrogen) atoms. The first kappa shape index (κ1) is 43.7. The number of carbonyl (C=O) groups excluding carboxylic acids is 4. The van der Waals surface area contributed by atoms with E-state index >= 15 is 0 Å². The van der Waals surface area contributed by atoms with E-state index in [0.29, 0.717) is 22.8 Å². The van der Waals surface area contributed by atoms with Crippen LogP contribution in [0, 0.1) is 45.3 Å². The second-order valence-corrected chi connectivity index (χ2v) is 20.8. The Labute approximate surface area is 375 Å². The molecular formula is C52H62N4O8. The minimum atomic E-state index is -0.451. The van der Waals surface area contributed by atoms with Crippen molar-refractivity contribution in [2.24, 2.45) is 45.3 Å². The highest BCUT2D eigenvalue weighted by Crippen LogP contribution is 2.70. The second kappa shape index (κ2) is 15.0. The standard InChI is InChI=1S/C52H62N4O8/c1-13-61-45(57)41-37(49(41,5)6)33-25-17-19-27(53-25)34(38-42(50(38,7)8)46(58)62-14-2)29-21-23-31(55-29)36(40-44(52(40,11)12)48(60)64-16-4)32-24-22-30(56-32)35(28-20-18-26(33)54-28)39-43(51(39,9)10)47(59)63-15-3/h17-24,37-44,53-54H,13-16H2,1-12H3/t37-,38-,39-,40-,41-,42-,43-,44-/m0/s1. The number of hydrogen-bond donors (Lipinski definition) is 2. The molecule has 12 nitrogen and oxygen atoms in total. The van der Waals surface area contributed by atoms with Gasteiger partial charge in [-0.2, -0.15) is 0 Å². The summed E-state index contributed by atoms with van der Waals surface area (Å²) in [5.74, 6) is -3.49. The first-order valence-electron chi connectivity index (χ1n) is 23.1. The van der Waals surface area contributed by atoms with Gasteiger partial charge in [0.1, 0.15) is 0 Å². The van der Waals surface area contributed by atoms with Crippen LogP contribution in [-0.2, 0) is 38.1 Å². The smallest absolute Gasteiger partial charge is 0.310 e. The monoisotopic (exact) mass is 870 g/mol. The number of hydrogen-bond acceptors (Lipinski definition) is 10. The minimum absolute atomic E-state index is 0.205. The van der Waals surface area contributed by atoms with Gasteiger partial charge in [-0.3, -0.25) is 19.2 Å². The summed E-state index contributed by atoms with van der Waals surface area (Å²) in [6.07, 6.45) is 8.02. The highest BCUT2D eigenvalue weighted by molar-refractivity contribution is 5.91. The number of fused-ring (bicyclic) bond motifs is 8. The minimum Gasteiger partial charge on any atom is -0.466 e. The van der Waals surface area contributed by atoms with Crippen molar-refractivity contribution in [1.82, 2.24) is 19.9 Å². The molecule has 4 fully saturated rings. The quantitative estimate of drug-likeness (QED) is 0.0912. The predicted octanol–water partition coefficient (Wildman–Crippen LogP) is 9.87. The lowest BCUT2D eigenvalue weighted by Crippen LogP contribution is -2.10. The Morgan fingerprint density at radius 1 is 0.422 bits per heavy atom. The second-order valence-electron chi connectivity index (χ2n) is 20.8. The van der Waals surface area contributed by atoms with Crippen molar-refractivity contribution in [1.29, 1.82) is 0 Å². The maximum Gasteiger partial charge on any atom is 0.310 e. The Kier molecular flexibility index (Phi) is 10.3. The lowest BCUT2D eigenvalue weighted by atomic mass is 10.00. The first-order chi connectivity index (χ1) is 30.3. The maximum atomic E-state index is 13.6. The molecule has 0 amide bonds. The molecule has 0 saturated heterocycles. The molecule has 3 aromatic rings. The fourth-order valence-electron chi connectivity index (χ4n) is 12.0. The molecule has 2 aliphatic heterocycles. The van der Waals surface area contributed by atoms with Crippen LogP contribution < -0.4 is 0 Å². The molecule has 4 saturated carbocycles. The van der Waals surface area contributed by atoms with Crippen LogP contribution in [0.3, 0.4) is 0 Å². The van der Waals surface area contributed by atoms with Gasteiger partial charge in [0.25, 0.3) is 0 Å². The fraction of sp³-hybridized carbons (Fsp3) is 0.538. The number of aromatic amines is 2. The van der Waals surface area contributed by atoms with E-state index in [4.69, 9.17) is 28.9 Å². The van der Waals surface area contributed by atoms with Gasteiger partial charge >= 0.3 is 23.9 Å². The fourth-order valence-corrected chi connectivity index (χ4v) is 12.0. The summed E-state index contributed by atoms with van der Waals surface area (Å²) in [6, 6.07) is 8.22. The zero-order valence-electron chi connectivity index (χ0n) is 39.2. The first-order valence-corrected chi connectivity index (χ1v) is 23.1. The highest BCUT2D eigenvalue weighted by Gasteiger charge is 2.67. The van der Waals surface area contributed by atoms with Gasteiger partial charge in [0.15, 0.2) is 0 Å². The van der Waals surface area contributed by atoms with Gasteiger partial charge in [-0.05, 0) is 97.9 Å². The van der Waals surface area contributed by atoms with Crippen molar-refractivity contribution in [2.45, 2.75) is 107 Å². The normalized spacial score (nSPS) is 27.9. The molecule has 0 aromatic carbocycles. The van der Waals surface area contributed by atoms with Crippen LogP contribution >= 0.6 is 0 Å².